The van der Waals surface area contributed by atoms with Crippen LogP contribution in [0.2, 0.25) is 0 Å². The molecule has 0 saturated heterocycles. The van der Waals surface area contributed by atoms with Gasteiger partial charge < -0.3 is 4.74 Å². The van der Waals surface area contributed by atoms with E-state index in [0.29, 0.717) is 0 Å². The first kappa shape index (κ1) is 17.3. The fourth-order valence-corrected chi connectivity index (χ4v) is 2.49. The van der Waals surface area contributed by atoms with Gasteiger partial charge in [-0.25, -0.2) is 8.42 Å². The van der Waals surface area contributed by atoms with Gasteiger partial charge in [-0.2, -0.15) is 4.80 Å². The Labute approximate surface area is 135 Å². The van der Waals surface area contributed by atoms with Crippen molar-refractivity contribution < 1.29 is 13.2 Å². The lowest BCUT2D eigenvalue weighted by Crippen LogP contribution is -2.29. The summed E-state index contributed by atoms with van der Waals surface area (Å²) in [6.07, 6.45) is 2.88. The number of rotatable bonds is 5. The number of ether oxygens (including phenoxy) is 1. The van der Waals surface area contributed by atoms with Crippen LogP contribution in [0, 0.1) is 13.8 Å². The maximum absolute atomic E-state index is 11.9. The fourth-order valence-electron chi connectivity index (χ4n) is 2.08. The van der Waals surface area contributed by atoms with Crippen LogP contribution < -0.4 is 4.74 Å². The zero-order valence-electron chi connectivity index (χ0n) is 14.2. The molecule has 0 aliphatic carbocycles. The van der Waals surface area contributed by atoms with E-state index in [4.69, 9.17) is 4.74 Å². The third kappa shape index (κ3) is 3.19. The number of pyridine rings is 1. The van der Waals surface area contributed by atoms with E-state index in [1.807, 2.05) is 13.8 Å². The molecule has 0 fully saturated rings. The maximum atomic E-state index is 11.9. The molecule has 126 valence electrons. The molecule has 8 nitrogen and oxygen atoms in total. The summed E-state index contributed by atoms with van der Waals surface area (Å²) in [6, 6.07) is 0. The summed E-state index contributed by atoms with van der Waals surface area (Å²) in [5.74, 6) is 0.934. The predicted molar refractivity (Wildman–Crippen MR) is 85.1 cm³/mol. The van der Waals surface area contributed by atoms with Crippen molar-refractivity contribution >= 4 is 9.84 Å². The summed E-state index contributed by atoms with van der Waals surface area (Å²) in [5.41, 5.74) is 2.58. The van der Waals surface area contributed by atoms with E-state index in [1.54, 1.807) is 27.2 Å². The van der Waals surface area contributed by atoms with E-state index < -0.39 is 14.6 Å². The zero-order chi connectivity index (χ0) is 17.4. The molecule has 0 amide bonds. The summed E-state index contributed by atoms with van der Waals surface area (Å²) in [7, 11) is -1.74. The van der Waals surface area contributed by atoms with Gasteiger partial charge in [0.15, 0.2) is 15.7 Å². The van der Waals surface area contributed by atoms with Crippen LogP contribution in [-0.4, -0.2) is 47.0 Å². The van der Waals surface area contributed by atoms with Crippen LogP contribution in [0.5, 0.6) is 5.75 Å². The Hall–Kier alpha value is -2.03. The molecule has 0 saturated carbocycles. The van der Waals surface area contributed by atoms with Crippen molar-refractivity contribution in [3.8, 4) is 5.75 Å². The van der Waals surface area contributed by atoms with Crippen LogP contribution in [0.4, 0.5) is 0 Å². The standard InChI is InChI=1S/C14H21N5O3S/c1-9-7-15-11(10(2)12(9)22-5)8-19-17-13(16-18-19)14(3,4)23(6,20)21/h7H,8H2,1-6H3. The summed E-state index contributed by atoms with van der Waals surface area (Å²) in [5, 5.41) is 12.0. The first-order chi connectivity index (χ1) is 10.6. The minimum absolute atomic E-state index is 0.164. The van der Waals surface area contributed by atoms with E-state index in [0.717, 1.165) is 28.8 Å². The number of hydrogen-bond donors (Lipinski definition) is 0. The van der Waals surface area contributed by atoms with Gasteiger partial charge in [0.2, 0.25) is 0 Å². The Balaban J connectivity index is 2.34. The van der Waals surface area contributed by atoms with Gasteiger partial charge in [-0.3, -0.25) is 4.98 Å². The number of aromatic nitrogens is 5. The van der Waals surface area contributed by atoms with Crippen LogP contribution in [0.1, 0.15) is 36.5 Å². The molecule has 0 spiro atoms. The van der Waals surface area contributed by atoms with E-state index in [2.05, 4.69) is 20.4 Å². The number of tetrazole rings is 1. The highest BCUT2D eigenvalue weighted by molar-refractivity contribution is 7.91. The lowest BCUT2D eigenvalue weighted by Gasteiger charge is -2.17. The molecule has 2 rings (SSSR count). The molecule has 0 unspecified atom stereocenters. The van der Waals surface area contributed by atoms with Crippen LogP contribution >= 0.6 is 0 Å². The SMILES string of the molecule is COc1c(C)cnc(Cn2nnc(C(C)(C)S(C)(=O)=O)n2)c1C. The maximum Gasteiger partial charge on any atom is 0.195 e. The first-order valence-corrected chi connectivity index (χ1v) is 8.94. The average molecular weight is 339 g/mol. The van der Waals surface area contributed by atoms with Gasteiger partial charge in [0, 0.05) is 23.6 Å². The third-order valence-corrected chi connectivity index (χ3v) is 6.00. The highest BCUT2D eigenvalue weighted by atomic mass is 32.2. The molecule has 2 heterocycles. The molecule has 0 aromatic carbocycles. The highest BCUT2D eigenvalue weighted by Gasteiger charge is 2.37. The third-order valence-electron chi connectivity index (χ3n) is 3.96. The largest absolute Gasteiger partial charge is 0.496 e. The number of aryl methyl sites for hydroxylation is 1. The molecule has 0 aliphatic heterocycles. The normalized spacial score (nSPS) is 12.4. The van der Waals surface area contributed by atoms with Crippen molar-refractivity contribution in [2.75, 3.05) is 13.4 Å². The van der Waals surface area contributed by atoms with Crippen LogP contribution in [0.15, 0.2) is 6.20 Å². The molecule has 2 aromatic heterocycles. The van der Waals surface area contributed by atoms with Crippen molar-refractivity contribution in [3.05, 3.63) is 28.8 Å². The van der Waals surface area contributed by atoms with E-state index in [9.17, 15) is 8.42 Å². The van der Waals surface area contributed by atoms with Crippen LogP contribution in [-0.2, 0) is 21.1 Å². The van der Waals surface area contributed by atoms with Gasteiger partial charge in [-0.05, 0) is 32.9 Å². The lowest BCUT2D eigenvalue weighted by atomic mass is 10.1. The van der Waals surface area contributed by atoms with Crippen molar-refractivity contribution in [1.82, 2.24) is 25.2 Å². The molecule has 23 heavy (non-hydrogen) atoms. The van der Waals surface area contributed by atoms with Crippen molar-refractivity contribution in [2.24, 2.45) is 0 Å². The second-order valence-corrected chi connectivity index (χ2v) is 8.54. The second-order valence-electron chi connectivity index (χ2n) is 5.97. The average Bonchev–Trinajstić information content (AvgIpc) is 2.90. The summed E-state index contributed by atoms with van der Waals surface area (Å²) in [4.78, 5) is 5.71. The predicted octanol–water partition coefficient (Wildman–Crippen LogP) is 1.02. The fraction of sp³-hybridized carbons (Fsp3) is 0.571. The molecule has 0 atom stereocenters. The smallest absolute Gasteiger partial charge is 0.195 e. The molecule has 2 aromatic rings. The van der Waals surface area contributed by atoms with Crippen molar-refractivity contribution in [1.29, 1.82) is 0 Å². The van der Waals surface area contributed by atoms with Gasteiger partial charge >= 0.3 is 0 Å². The Morgan fingerprint density at radius 3 is 2.52 bits per heavy atom. The van der Waals surface area contributed by atoms with E-state index in [-0.39, 0.29) is 12.4 Å². The summed E-state index contributed by atoms with van der Waals surface area (Å²) < 4.78 is 27.9. The minimum atomic E-state index is -3.35. The number of hydrogen-bond acceptors (Lipinski definition) is 7. The number of sulfone groups is 1. The van der Waals surface area contributed by atoms with Gasteiger partial charge in [0.25, 0.3) is 0 Å². The Morgan fingerprint density at radius 1 is 1.30 bits per heavy atom. The molecule has 0 N–H and O–H groups in total. The minimum Gasteiger partial charge on any atom is -0.496 e. The van der Waals surface area contributed by atoms with Gasteiger partial charge in [-0.1, -0.05) is 0 Å². The molecular formula is C14H21N5O3S. The van der Waals surface area contributed by atoms with E-state index in [1.165, 1.54) is 4.80 Å². The summed E-state index contributed by atoms with van der Waals surface area (Å²) >= 11 is 0. The molecular weight excluding hydrogens is 318 g/mol. The van der Waals surface area contributed by atoms with Crippen molar-refractivity contribution in [3.63, 3.8) is 0 Å². The molecule has 0 bridgehead atoms. The quantitative estimate of drug-likeness (QED) is 0.801. The molecule has 0 radical (unpaired) electrons. The van der Waals surface area contributed by atoms with Gasteiger partial charge in [-0.15, -0.1) is 10.2 Å². The Bertz CT molecular complexity index is 827. The van der Waals surface area contributed by atoms with Crippen molar-refractivity contribution in [2.45, 2.75) is 39.0 Å². The molecule has 9 heteroatoms. The number of nitrogens with zero attached hydrogens (tertiary/aromatic N) is 5. The van der Waals surface area contributed by atoms with Gasteiger partial charge in [0.05, 0.1) is 12.8 Å². The van der Waals surface area contributed by atoms with Crippen LogP contribution in [0.25, 0.3) is 0 Å². The monoisotopic (exact) mass is 339 g/mol. The zero-order valence-corrected chi connectivity index (χ0v) is 15.0. The first-order valence-electron chi connectivity index (χ1n) is 7.05. The Kier molecular flexibility index (Phi) is 4.43. The topological polar surface area (TPSA) is 99.9 Å². The lowest BCUT2D eigenvalue weighted by molar-refractivity contribution is 0.406. The van der Waals surface area contributed by atoms with Gasteiger partial charge in [0.1, 0.15) is 17.0 Å². The summed E-state index contributed by atoms with van der Waals surface area (Å²) in [6.45, 7) is 7.23. The highest BCUT2D eigenvalue weighted by Crippen LogP contribution is 2.26. The molecule has 0 aliphatic rings. The Morgan fingerprint density at radius 2 is 1.96 bits per heavy atom. The van der Waals surface area contributed by atoms with E-state index >= 15 is 0 Å². The number of methoxy groups -OCH3 is 1. The second kappa shape index (κ2) is 5.88. The van der Waals surface area contributed by atoms with Crippen LogP contribution in [0.3, 0.4) is 0 Å².